The van der Waals surface area contributed by atoms with E-state index in [-0.39, 0.29) is 6.61 Å². The lowest BCUT2D eigenvalue weighted by Crippen LogP contribution is -2.25. The number of aliphatic hydroxyl groups excluding tert-OH is 1. The third-order valence-electron chi connectivity index (χ3n) is 3.02. The number of anilines is 1. The van der Waals surface area contributed by atoms with Gasteiger partial charge in [0.25, 0.3) is 0 Å². The Morgan fingerprint density at radius 3 is 2.24 bits per heavy atom. The summed E-state index contributed by atoms with van der Waals surface area (Å²) in [7, 11) is 0. The lowest BCUT2D eigenvalue weighted by atomic mass is 10.1. The van der Waals surface area contributed by atoms with Gasteiger partial charge in [-0.2, -0.15) is 0 Å². The summed E-state index contributed by atoms with van der Waals surface area (Å²) in [5.41, 5.74) is 2.25. The van der Waals surface area contributed by atoms with Crippen LogP contribution in [0.5, 0.6) is 0 Å². The molecule has 0 saturated carbocycles. The van der Waals surface area contributed by atoms with Crippen molar-refractivity contribution < 1.29 is 5.11 Å². The van der Waals surface area contributed by atoms with Gasteiger partial charge in [0.15, 0.2) is 0 Å². The number of hydrogen-bond acceptors (Lipinski definition) is 2. The average molecular weight is 235 g/mol. The van der Waals surface area contributed by atoms with Crippen LogP contribution in [0.2, 0.25) is 0 Å². The minimum absolute atomic E-state index is 0.128. The van der Waals surface area contributed by atoms with Gasteiger partial charge in [0.05, 0.1) is 6.61 Å². The van der Waals surface area contributed by atoms with E-state index in [4.69, 9.17) is 0 Å². The number of nitrogens with zero attached hydrogens (tertiary/aromatic N) is 1. The quantitative estimate of drug-likeness (QED) is 0.744. The van der Waals surface area contributed by atoms with Crippen LogP contribution in [-0.4, -0.2) is 18.2 Å². The molecule has 0 heterocycles. The zero-order valence-corrected chi connectivity index (χ0v) is 11.2. The van der Waals surface area contributed by atoms with Crippen LogP contribution in [0.25, 0.3) is 0 Å². The molecule has 0 amide bonds. The molecular weight excluding hydrogens is 210 g/mol. The minimum atomic E-state index is 0.128. The van der Waals surface area contributed by atoms with Gasteiger partial charge in [0, 0.05) is 18.8 Å². The smallest absolute Gasteiger partial charge is 0.0682 e. The molecule has 0 bridgehead atoms. The van der Waals surface area contributed by atoms with Crippen LogP contribution in [0.1, 0.15) is 45.1 Å². The maximum absolute atomic E-state index is 9.18. The van der Waals surface area contributed by atoms with E-state index in [0.717, 1.165) is 18.7 Å². The predicted octanol–water partition coefficient (Wildman–Crippen LogP) is 3.59. The molecule has 0 fully saturated rings. The van der Waals surface area contributed by atoms with Gasteiger partial charge in [-0.25, -0.2) is 0 Å². The predicted molar refractivity (Wildman–Crippen MR) is 74.4 cm³/mol. The molecule has 0 atom stereocenters. The molecule has 0 aliphatic rings. The highest BCUT2D eigenvalue weighted by Crippen LogP contribution is 2.17. The van der Waals surface area contributed by atoms with Crippen molar-refractivity contribution in [1.82, 2.24) is 0 Å². The Morgan fingerprint density at radius 1 is 1.06 bits per heavy atom. The highest BCUT2D eigenvalue weighted by atomic mass is 16.3. The topological polar surface area (TPSA) is 23.5 Å². The molecule has 0 spiro atoms. The molecule has 2 nitrogen and oxygen atoms in total. The molecule has 1 aromatic carbocycles. The molecule has 2 heteroatoms. The molecule has 0 aromatic heterocycles. The zero-order chi connectivity index (χ0) is 12.5. The molecule has 0 radical (unpaired) electrons. The molecule has 0 unspecified atom stereocenters. The monoisotopic (exact) mass is 235 g/mol. The first-order valence-corrected chi connectivity index (χ1v) is 6.76. The van der Waals surface area contributed by atoms with Crippen molar-refractivity contribution in [3.05, 3.63) is 29.8 Å². The minimum Gasteiger partial charge on any atom is -0.392 e. The van der Waals surface area contributed by atoms with Crippen molar-refractivity contribution in [2.24, 2.45) is 0 Å². The number of aliphatic hydroxyl groups is 1. The van der Waals surface area contributed by atoms with Crippen molar-refractivity contribution in [2.45, 2.75) is 46.1 Å². The number of hydrogen-bond donors (Lipinski definition) is 1. The van der Waals surface area contributed by atoms with E-state index in [0.29, 0.717) is 0 Å². The molecule has 1 N–H and O–H groups in total. The van der Waals surface area contributed by atoms with Gasteiger partial charge in [-0.3, -0.25) is 0 Å². The second-order valence-electron chi connectivity index (χ2n) is 4.52. The Morgan fingerprint density at radius 2 is 1.71 bits per heavy atom. The summed E-state index contributed by atoms with van der Waals surface area (Å²) >= 11 is 0. The van der Waals surface area contributed by atoms with E-state index >= 15 is 0 Å². The number of rotatable bonds is 8. The maximum atomic E-state index is 9.18. The second-order valence-corrected chi connectivity index (χ2v) is 4.52. The van der Waals surface area contributed by atoms with Crippen LogP contribution >= 0.6 is 0 Å². The molecule has 0 aliphatic heterocycles. The van der Waals surface area contributed by atoms with Crippen LogP contribution in [0.3, 0.4) is 0 Å². The number of benzene rings is 1. The normalized spacial score (nSPS) is 10.5. The van der Waals surface area contributed by atoms with E-state index < -0.39 is 0 Å². The summed E-state index contributed by atoms with van der Waals surface area (Å²) < 4.78 is 0. The van der Waals surface area contributed by atoms with Gasteiger partial charge in [0.2, 0.25) is 0 Å². The maximum Gasteiger partial charge on any atom is 0.0682 e. The van der Waals surface area contributed by atoms with Gasteiger partial charge in [-0.15, -0.1) is 0 Å². The van der Waals surface area contributed by atoms with Crippen LogP contribution in [0.4, 0.5) is 5.69 Å². The molecule has 1 rings (SSSR count). The summed E-state index contributed by atoms with van der Waals surface area (Å²) in [6.45, 7) is 6.81. The van der Waals surface area contributed by atoms with Crippen LogP contribution < -0.4 is 4.90 Å². The Bertz CT molecular complexity index is 304. The lowest BCUT2D eigenvalue weighted by molar-refractivity contribution is 0.282. The summed E-state index contributed by atoms with van der Waals surface area (Å²) in [6, 6.07) is 8.25. The van der Waals surface area contributed by atoms with Gasteiger partial charge in [-0.1, -0.05) is 38.8 Å². The molecule has 17 heavy (non-hydrogen) atoms. The van der Waals surface area contributed by atoms with Crippen molar-refractivity contribution in [3.8, 4) is 0 Å². The van der Waals surface area contributed by atoms with E-state index in [1.807, 2.05) is 12.1 Å². The fraction of sp³-hybridized carbons (Fsp3) is 0.600. The highest BCUT2D eigenvalue weighted by Gasteiger charge is 2.05. The van der Waals surface area contributed by atoms with Gasteiger partial charge in [0.1, 0.15) is 0 Å². The molecular formula is C15H25NO. The lowest BCUT2D eigenvalue weighted by Gasteiger charge is -2.25. The first kappa shape index (κ1) is 14.0. The largest absolute Gasteiger partial charge is 0.392 e. The van der Waals surface area contributed by atoms with Gasteiger partial charge >= 0.3 is 0 Å². The Labute approximate surface area is 105 Å². The van der Waals surface area contributed by atoms with E-state index in [1.165, 1.54) is 31.4 Å². The van der Waals surface area contributed by atoms with Crippen molar-refractivity contribution in [2.75, 3.05) is 18.0 Å². The summed E-state index contributed by atoms with van der Waals surface area (Å²) in [5, 5.41) is 9.18. The summed E-state index contributed by atoms with van der Waals surface area (Å²) in [4.78, 5) is 2.44. The third kappa shape index (κ3) is 4.78. The average Bonchev–Trinajstić information content (AvgIpc) is 2.39. The van der Waals surface area contributed by atoms with E-state index in [1.54, 1.807) is 0 Å². The van der Waals surface area contributed by atoms with Crippen LogP contribution in [0, 0.1) is 0 Å². The fourth-order valence-electron chi connectivity index (χ4n) is 1.92. The molecule has 0 saturated heterocycles. The zero-order valence-electron chi connectivity index (χ0n) is 11.2. The summed E-state index contributed by atoms with van der Waals surface area (Å²) in [5.74, 6) is 0. The fourth-order valence-corrected chi connectivity index (χ4v) is 1.92. The van der Waals surface area contributed by atoms with Crippen LogP contribution in [0.15, 0.2) is 24.3 Å². The van der Waals surface area contributed by atoms with E-state index in [2.05, 4.69) is 30.9 Å². The van der Waals surface area contributed by atoms with Crippen molar-refractivity contribution >= 4 is 5.69 Å². The van der Waals surface area contributed by atoms with Gasteiger partial charge < -0.3 is 10.0 Å². The standard InChI is InChI=1S/C15H25NO/c1-3-5-10-16(11-6-4-2)15-9-7-8-14(12-15)13-17/h7-9,12,17H,3-6,10-11,13H2,1-2H3. The molecule has 1 aromatic rings. The van der Waals surface area contributed by atoms with Gasteiger partial charge in [-0.05, 0) is 30.5 Å². The first-order valence-electron chi connectivity index (χ1n) is 6.76. The third-order valence-corrected chi connectivity index (χ3v) is 3.02. The Hall–Kier alpha value is -1.02. The second kappa shape index (κ2) is 8.13. The Balaban J connectivity index is 2.71. The SMILES string of the molecule is CCCCN(CCCC)c1cccc(CO)c1. The van der Waals surface area contributed by atoms with E-state index in [9.17, 15) is 5.11 Å². The van der Waals surface area contributed by atoms with Crippen LogP contribution in [-0.2, 0) is 6.61 Å². The molecule has 96 valence electrons. The van der Waals surface area contributed by atoms with Crippen molar-refractivity contribution in [1.29, 1.82) is 0 Å². The Kier molecular flexibility index (Phi) is 6.71. The first-order chi connectivity index (χ1) is 8.31. The molecule has 0 aliphatic carbocycles. The number of unbranched alkanes of at least 4 members (excludes halogenated alkanes) is 2. The summed E-state index contributed by atoms with van der Waals surface area (Å²) in [6.07, 6.45) is 4.91. The highest BCUT2D eigenvalue weighted by molar-refractivity contribution is 5.48. The van der Waals surface area contributed by atoms with Crippen molar-refractivity contribution in [3.63, 3.8) is 0 Å².